The lowest BCUT2D eigenvalue weighted by Crippen LogP contribution is -2.38. The highest BCUT2D eigenvalue weighted by Crippen LogP contribution is 2.14. The van der Waals surface area contributed by atoms with Gasteiger partial charge >= 0.3 is 6.09 Å². The zero-order valence-corrected chi connectivity index (χ0v) is 11.6. The minimum Gasteiger partial charge on any atom is -0.443 e. The van der Waals surface area contributed by atoms with E-state index in [-0.39, 0.29) is 0 Å². The van der Waals surface area contributed by atoms with E-state index in [0.717, 1.165) is 4.90 Å². The molecule has 0 bridgehead atoms. The van der Waals surface area contributed by atoms with Gasteiger partial charge in [-0.15, -0.1) is 0 Å². The summed E-state index contributed by atoms with van der Waals surface area (Å²) < 4.78 is 5.11. The van der Waals surface area contributed by atoms with Crippen LogP contribution in [0.4, 0.5) is 4.79 Å². The number of carbonyl (C=O) groups is 2. The molecule has 0 fully saturated rings. The molecule has 4 nitrogen and oxygen atoms in total. The number of hydrogen-bond acceptors (Lipinski definition) is 3. The summed E-state index contributed by atoms with van der Waals surface area (Å²) in [5.74, 6) is -0.452. The third-order valence-electron chi connectivity index (χ3n) is 2.04. The molecular formula is C13H16ClNO3. The van der Waals surface area contributed by atoms with Crippen molar-refractivity contribution in [2.24, 2.45) is 0 Å². The largest absolute Gasteiger partial charge is 0.443 e. The van der Waals surface area contributed by atoms with Crippen LogP contribution >= 0.6 is 11.6 Å². The summed E-state index contributed by atoms with van der Waals surface area (Å²) in [4.78, 5) is 24.6. The molecule has 1 rings (SSSR count). The standard InChI is InChI=1S/C13H16ClNO3/c1-13(2,3)18-12(17)15(4)11(16)9-6-5-7-10(14)8-9/h5-8H,1-4H3. The quantitative estimate of drug-likeness (QED) is 0.785. The molecule has 0 heterocycles. The number of nitrogens with zero attached hydrogens (tertiary/aromatic N) is 1. The first kappa shape index (κ1) is 14.5. The molecule has 0 N–H and O–H groups in total. The molecule has 0 unspecified atom stereocenters. The molecule has 1 aromatic carbocycles. The first-order valence-corrected chi connectivity index (χ1v) is 5.85. The second kappa shape index (κ2) is 5.40. The third kappa shape index (κ3) is 4.04. The molecule has 0 aromatic heterocycles. The van der Waals surface area contributed by atoms with Crippen molar-refractivity contribution in [2.45, 2.75) is 26.4 Å². The number of rotatable bonds is 1. The summed E-state index contributed by atoms with van der Waals surface area (Å²) >= 11 is 5.79. The van der Waals surface area contributed by atoms with Gasteiger partial charge in [0, 0.05) is 17.6 Å². The number of hydrogen-bond donors (Lipinski definition) is 0. The summed E-state index contributed by atoms with van der Waals surface area (Å²) in [5, 5.41) is 0.443. The van der Waals surface area contributed by atoms with Gasteiger partial charge in [-0.1, -0.05) is 17.7 Å². The molecule has 0 saturated carbocycles. The Labute approximate surface area is 111 Å². The maximum absolute atomic E-state index is 12.0. The van der Waals surface area contributed by atoms with E-state index in [9.17, 15) is 9.59 Å². The Kier molecular flexibility index (Phi) is 4.35. The van der Waals surface area contributed by atoms with E-state index in [2.05, 4.69) is 0 Å². The van der Waals surface area contributed by atoms with Gasteiger partial charge in [0.2, 0.25) is 0 Å². The van der Waals surface area contributed by atoms with Crippen molar-refractivity contribution < 1.29 is 14.3 Å². The molecule has 0 aliphatic heterocycles. The van der Waals surface area contributed by atoms with Crippen LogP contribution in [0.2, 0.25) is 5.02 Å². The molecule has 18 heavy (non-hydrogen) atoms. The summed E-state index contributed by atoms with van der Waals surface area (Å²) in [6.07, 6.45) is -0.688. The maximum atomic E-state index is 12.0. The summed E-state index contributed by atoms with van der Waals surface area (Å²) in [7, 11) is 1.37. The highest BCUT2D eigenvalue weighted by molar-refractivity contribution is 6.31. The van der Waals surface area contributed by atoms with Crippen molar-refractivity contribution in [2.75, 3.05) is 7.05 Å². The van der Waals surface area contributed by atoms with E-state index in [0.29, 0.717) is 10.6 Å². The van der Waals surface area contributed by atoms with Gasteiger partial charge in [-0.3, -0.25) is 4.79 Å². The van der Waals surface area contributed by atoms with Crippen molar-refractivity contribution in [3.05, 3.63) is 34.9 Å². The van der Waals surface area contributed by atoms with Crippen LogP contribution in [0.1, 0.15) is 31.1 Å². The van der Waals surface area contributed by atoms with E-state index in [1.807, 2.05) is 0 Å². The Bertz CT molecular complexity index is 466. The summed E-state index contributed by atoms with van der Waals surface area (Å²) in [6, 6.07) is 6.41. The predicted octanol–water partition coefficient (Wildman–Crippen LogP) is 3.35. The smallest absolute Gasteiger partial charge is 0.417 e. The lowest BCUT2D eigenvalue weighted by atomic mass is 10.2. The maximum Gasteiger partial charge on any atom is 0.417 e. The van der Waals surface area contributed by atoms with Crippen molar-refractivity contribution in [3.63, 3.8) is 0 Å². The van der Waals surface area contributed by atoms with Gasteiger partial charge in [0.25, 0.3) is 5.91 Å². The van der Waals surface area contributed by atoms with Gasteiger partial charge in [0.15, 0.2) is 0 Å². The van der Waals surface area contributed by atoms with Crippen LogP contribution in [-0.2, 0) is 4.74 Å². The molecule has 2 amide bonds. The molecule has 5 heteroatoms. The Hall–Kier alpha value is -1.55. The van der Waals surface area contributed by atoms with Crippen LogP contribution in [-0.4, -0.2) is 29.5 Å². The van der Waals surface area contributed by atoms with E-state index in [4.69, 9.17) is 16.3 Å². The molecule has 0 aliphatic rings. The molecule has 98 valence electrons. The molecular weight excluding hydrogens is 254 g/mol. The minimum atomic E-state index is -0.688. The number of ether oxygens (including phenoxy) is 1. The third-order valence-corrected chi connectivity index (χ3v) is 2.28. The number of carbonyl (C=O) groups excluding carboxylic acids is 2. The number of halogens is 1. The van der Waals surface area contributed by atoms with Crippen LogP contribution in [0.25, 0.3) is 0 Å². The Balaban J connectivity index is 2.81. The van der Waals surface area contributed by atoms with Gasteiger partial charge in [-0.05, 0) is 39.0 Å². The minimum absolute atomic E-state index is 0.343. The number of benzene rings is 1. The van der Waals surface area contributed by atoms with Crippen molar-refractivity contribution in [1.29, 1.82) is 0 Å². The van der Waals surface area contributed by atoms with Crippen molar-refractivity contribution in [3.8, 4) is 0 Å². The predicted molar refractivity (Wildman–Crippen MR) is 69.8 cm³/mol. The molecule has 0 radical (unpaired) electrons. The van der Waals surface area contributed by atoms with Gasteiger partial charge in [-0.25, -0.2) is 9.69 Å². The lowest BCUT2D eigenvalue weighted by molar-refractivity contribution is 0.0285. The first-order chi connectivity index (χ1) is 8.20. The Morgan fingerprint density at radius 3 is 2.39 bits per heavy atom. The number of amides is 2. The second-order valence-electron chi connectivity index (χ2n) is 4.85. The van der Waals surface area contributed by atoms with E-state index in [1.54, 1.807) is 39.0 Å². The molecule has 0 saturated heterocycles. The van der Waals surface area contributed by atoms with Crippen LogP contribution < -0.4 is 0 Å². The monoisotopic (exact) mass is 269 g/mol. The molecule has 1 aromatic rings. The van der Waals surface area contributed by atoms with Gasteiger partial charge in [0.1, 0.15) is 5.60 Å². The van der Waals surface area contributed by atoms with Crippen LogP contribution in [0, 0.1) is 0 Å². The SMILES string of the molecule is CN(C(=O)OC(C)(C)C)C(=O)c1cccc(Cl)c1. The van der Waals surface area contributed by atoms with Gasteiger partial charge in [-0.2, -0.15) is 0 Å². The normalized spacial score (nSPS) is 10.9. The second-order valence-corrected chi connectivity index (χ2v) is 5.29. The Morgan fingerprint density at radius 2 is 1.89 bits per heavy atom. The average Bonchev–Trinajstić information content (AvgIpc) is 2.24. The topological polar surface area (TPSA) is 46.6 Å². The van der Waals surface area contributed by atoms with Gasteiger partial charge in [0.05, 0.1) is 0 Å². The first-order valence-electron chi connectivity index (χ1n) is 5.47. The van der Waals surface area contributed by atoms with E-state index < -0.39 is 17.6 Å². The molecule has 0 spiro atoms. The van der Waals surface area contributed by atoms with Crippen molar-refractivity contribution in [1.82, 2.24) is 4.90 Å². The fraction of sp³-hybridized carbons (Fsp3) is 0.385. The van der Waals surface area contributed by atoms with Gasteiger partial charge < -0.3 is 4.74 Å². The van der Waals surface area contributed by atoms with E-state index >= 15 is 0 Å². The lowest BCUT2D eigenvalue weighted by Gasteiger charge is -2.23. The fourth-order valence-electron chi connectivity index (χ4n) is 1.23. The highest BCUT2D eigenvalue weighted by Gasteiger charge is 2.24. The highest BCUT2D eigenvalue weighted by atomic mass is 35.5. The fourth-order valence-corrected chi connectivity index (χ4v) is 1.42. The van der Waals surface area contributed by atoms with Crippen LogP contribution in [0.3, 0.4) is 0 Å². The zero-order valence-electron chi connectivity index (χ0n) is 10.9. The van der Waals surface area contributed by atoms with Crippen molar-refractivity contribution >= 4 is 23.6 Å². The van der Waals surface area contributed by atoms with Crippen LogP contribution in [0.15, 0.2) is 24.3 Å². The molecule has 0 atom stereocenters. The average molecular weight is 270 g/mol. The molecule has 0 aliphatic carbocycles. The van der Waals surface area contributed by atoms with E-state index in [1.165, 1.54) is 13.1 Å². The van der Waals surface area contributed by atoms with Crippen LogP contribution in [0.5, 0.6) is 0 Å². The Morgan fingerprint density at radius 1 is 1.28 bits per heavy atom. The summed E-state index contributed by atoms with van der Waals surface area (Å²) in [5.41, 5.74) is -0.296. The zero-order chi connectivity index (χ0) is 13.9. The number of imide groups is 1. The summed E-state index contributed by atoms with van der Waals surface area (Å²) in [6.45, 7) is 5.22.